The molecule has 0 aliphatic carbocycles. The standard InChI is InChI=1S/C39H49N3O6/c1-9-27-22-17-23-30(24-27)33(34(43)40-32(36(45)47-38(3,4)5)26-29-20-15-12-16-21-29)42(10-2)35(44)31(25-28-18-13-11-14-19-28)41-37(46)48-39(6,7)8/h9,11-24,31-33H,1,10,25-26H2,2-8H3,(H,40,43)(H,41,46). The van der Waals surface area contributed by atoms with Gasteiger partial charge in [0.2, 0.25) is 11.8 Å². The molecule has 0 heterocycles. The molecule has 0 aliphatic rings. The summed E-state index contributed by atoms with van der Waals surface area (Å²) >= 11 is 0. The molecule has 48 heavy (non-hydrogen) atoms. The normalized spacial score (nSPS) is 13.3. The average Bonchev–Trinajstić information content (AvgIpc) is 3.01. The van der Waals surface area contributed by atoms with Crippen LogP contribution in [0.15, 0.2) is 91.5 Å². The van der Waals surface area contributed by atoms with E-state index in [4.69, 9.17) is 9.47 Å². The zero-order valence-electron chi connectivity index (χ0n) is 29.1. The zero-order chi connectivity index (χ0) is 35.5. The quantitative estimate of drug-likeness (QED) is 0.205. The first-order valence-electron chi connectivity index (χ1n) is 16.2. The van der Waals surface area contributed by atoms with E-state index in [2.05, 4.69) is 17.2 Å². The van der Waals surface area contributed by atoms with E-state index in [1.165, 1.54) is 4.90 Å². The maximum Gasteiger partial charge on any atom is 0.408 e. The maximum atomic E-state index is 14.5. The van der Waals surface area contributed by atoms with E-state index in [-0.39, 0.29) is 19.4 Å². The molecule has 0 aromatic heterocycles. The SMILES string of the molecule is C=Cc1cccc(C(C(=O)NC(Cc2ccccc2)C(=O)OC(C)(C)C)N(CC)C(=O)C(Cc2ccccc2)NC(=O)OC(C)(C)C)c1. The number of benzene rings is 3. The average molecular weight is 656 g/mol. The fraction of sp³-hybridized carbons (Fsp3) is 0.385. The Morgan fingerprint density at radius 2 is 1.29 bits per heavy atom. The Bertz CT molecular complexity index is 1540. The summed E-state index contributed by atoms with van der Waals surface area (Å²) in [5.41, 5.74) is 1.31. The second-order valence-electron chi connectivity index (χ2n) is 13.6. The number of esters is 1. The molecule has 3 aromatic rings. The van der Waals surface area contributed by atoms with E-state index in [0.717, 1.165) is 16.7 Å². The van der Waals surface area contributed by atoms with Crippen molar-refractivity contribution >= 4 is 30.0 Å². The van der Waals surface area contributed by atoms with E-state index < -0.39 is 53.2 Å². The van der Waals surface area contributed by atoms with Gasteiger partial charge < -0.3 is 25.0 Å². The van der Waals surface area contributed by atoms with Crippen LogP contribution in [0.4, 0.5) is 4.79 Å². The molecule has 9 heteroatoms. The molecular weight excluding hydrogens is 606 g/mol. The number of alkyl carbamates (subject to hydrolysis) is 1. The van der Waals surface area contributed by atoms with Crippen molar-refractivity contribution in [3.05, 3.63) is 114 Å². The summed E-state index contributed by atoms with van der Waals surface area (Å²) < 4.78 is 11.2. The summed E-state index contributed by atoms with van der Waals surface area (Å²) in [5, 5.41) is 5.66. The number of hydrogen-bond acceptors (Lipinski definition) is 6. The minimum atomic E-state index is -1.16. The van der Waals surface area contributed by atoms with Gasteiger partial charge in [-0.3, -0.25) is 9.59 Å². The lowest BCUT2D eigenvalue weighted by Gasteiger charge is -2.35. The number of ether oxygens (including phenoxy) is 2. The Hall–Kier alpha value is -4.92. The predicted molar refractivity (Wildman–Crippen MR) is 188 cm³/mol. The first-order valence-corrected chi connectivity index (χ1v) is 16.2. The molecule has 0 saturated carbocycles. The first kappa shape index (κ1) is 37.5. The van der Waals surface area contributed by atoms with Crippen LogP contribution in [0.25, 0.3) is 6.08 Å². The Morgan fingerprint density at radius 3 is 1.79 bits per heavy atom. The van der Waals surface area contributed by atoms with Crippen molar-refractivity contribution in [1.29, 1.82) is 0 Å². The van der Waals surface area contributed by atoms with Crippen molar-refractivity contribution in [3.63, 3.8) is 0 Å². The molecule has 0 spiro atoms. The molecule has 0 bridgehead atoms. The van der Waals surface area contributed by atoms with Crippen molar-refractivity contribution in [2.45, 2.75) is 90.6 Å². The molecule has 256 valence electrons. The van der Waals surface area contributed by atoms with Gasteiger partial charge in [0.05, 0.1) is 0 Å². The molecule has 0 radical (unpaired) electrons. The van der Waals surface area contributed by atoms with E-state index >= 15 is 0 Å². The van der Waals surface area contributed by atoms with Crippen LogP contribution in [0.1, 0.15) is 76.8 Å². The highest BCUT2D eigenvalue weighted by Crippen LogP contribution is 2.25. The number of carbonyl (C=O) groups excluding carboxylic acids is 4. The summed E-state index contributed by atoms with van der Waals surface area (Å²) in [6.45, 7) is 16.2. The highest BCUT2D eigenvalue weighted by atomic mass is 16.6. The Morgan fingerprint density at radius 1 is 0.750 bits per heavy atom. The summed E-state index contributed by atoms with van der Waals surface area (Å²) in [5.74, 6) is -1.66. The monoisotopic (exact) mass is 655 g/mol. The van der Waals surface area contributed by atoms with Gasteiger partial charge in [0.15, 0.2) is 0 Å². The lowest BCUT2D eigenvalue weighted by Crippen LogP contribution is -2.55. The molecule has 0 aliphatic heterocycles. The molecule has 0 fully saturated rings. The molecule has 2 N–H and O–H groups in total. The van der Waals surface area contributed by atoms with Gasteiger partial charge in [0.1, 0.15) is 29.3 Å². The number of hydrogen-bond donors (Lipinski definition) is 2. The fourth-order valence-corrected chi connectivity index (χ4v) is 5.16. The molecule has 3 atom stereocenters. The van der Waals surface area contributed by atoms with Gasteiger partial charge in [-0.05, 0) is 76.8 Å². The summed E-state index contributed by atoms with van der Waals surface area (Å²) in [6, 6.07) is 22.5. The van der Waals surface area contributed by atoms with Crippen LogP contribution in [-0.4, -0.2) is 58.6 Å². The third kappa shape index (κ3) is 11.7. The summed E-state index contributed by atoms with van der Waals surface area (Å²) in [4.78, 5) is 56.9. The van der Waals surface area contributed by atoms with E-state index in [9.17, 15) is 19.2 Å². The van der Waals surface area contributed by atoms with E-state index in [1.54, 1.807) is 72.7 Å². The van der Waals surface area contributed by atoms with Crippen molar-refractivity contribution < 1.29 is 28.7 Å². The van der Waals surface area contributed by atoms with E-state index in [1.807, 2.05) is 66.7 Å². The van der Waals surface area contributed by atoms with Crippen molar-refractivity contribution in [2.75, 3.05) is 6.54 Å². The van der Waals surface area contributed by atoms with Gasteiger partial charge in [0, 0.05) is 19.4 Å². The number of nitrogens with zero attached hydrogens (tertiary/aromatic N) is 1. The molecule has 0 saturated heterocycles. The number of nitrogens with one attached hydrogen (secondary N) is 2. The second-order valence-corrected chi connectivity index (χ2v) is 13.6. The molecule has 3 amide bonds. The number of rotatable bonds is 13. The minimum Gasteiger partial charge on any atom is -0.458 e. The number of carbonyl (C=O) groups is 4. The smallest absolute Gasteiger partial charge is 0.408 e. The lowest BCUT2D eigenvalue weighted by atomic mass is 9.98. The zero-order valence-corrected chi connectivity index (χ0v) is 29.1. The van der Waals surface area contributed by atoms with Crippen LogP contribution in [0.5, 0.6) is 0 Å². The summed E-state index contributed by atoms with van der Waals surface area (Å²) in [6.07, 6.45) is 1.23. The minimum absolute atomic E-state index is 0.117. The molecule has 3 unspecified atom stereocenters. The van der Waals surface area contributed by atoms with Crippen molar-refractivity contribution in [2.24, 2.45) is 0 Å². The highest BCUT2D eigenvalue weighted by Gasteiger charge is 2.38. The second kappa shape index (κ2) is 16.8. The molecular formula is C39H49N3O6. The van der Waals surface area contributed by atoms with Gasteiger partial charge in [-0.2, -0.15) is 0 Å². The Labute approximate surface area is 284 Å². The van der Waals surface area contributed by atoms with Crippen molar-refractivity contribution in [3.8, 4) is 0 Å². The third-order valence-corrected chi connectivity index (χ3v) is 7.21. The van der Waals surface area contributed by atoms with Gasteiger partial charge in [-0.1, -0.05) is 91.5 Å². The summed E-state index contributed by atoms with van der Waals surface area (Å²) in [7, 11) is 0. The Kier molecular flexibility index (Phi) is 13.1. The fourth-order valence-electron chi connectivity index (χ4n) is 5.16. The third-order valence-electron chi connectivity index (χ3n) is 7.21. The van der Waals surface area contributed by atoms with Gasteiger partial charge in [0.25, 0.3) is 0 Å². The first-order chi connectivity index (χ1) is 22.6. The van der Waals surface area contributed by atoms with Gasteiger partial charge in [-0.15, -0.1) is 0 Å². The topological polar surface area (TPSA) is 114 Å². The van der Waals surface area contributed by atoms with Gasteiger partial charge >= 0.3 is 12.1 Å². The molecule has 3 aromatic carbocycles. The van der Waals surface area contributed by atoms with Gasteiger partial charge in [-0.25, -0.2) is 9.59 Å². The Balaban J connectivity index is 2.06. The largest absolute Gasteiger partial charge is 0.458 e. The van der Waals surface area contributed by atoms with Crippen LogP contribution >= 0.6 is 0 Å². The maximum absolute atomic E-state index is 14.5. The predicted octanol–water partition coefficient (Wildman–Crippen LogP) is 6.42. The molecule has 9 nitrogen and oxygen atoms in total. The van der Waals surface area contributed by atoms with E-state index in [0.29, 0.717) is 5.56 Å². The molecule has 3 rings (SSSR count). The van der Waals surface area contributed by atoms with Crippen LogP contribution in [0, 0.1) is 0 Å². The van der Waals surface area contributed by atoms with Crippen LogP contribution in [-0.2, 0) is 36.7 Å². The lowest BCUT2D eigenvalue weighted by molar-refractivity contribution is -0.159. The number of amides is 3. The van der Waals surface area contributed by atoms with Crippen LogP contribution in [0.2, 0.25) is 0 Å². The van der Waals surface area contributed by atoms with Crippen LogP contribution in [0.3, 0.4) is 0 Å². The highest BCUT2D eigenvalue weighted by molar-refractivity contribution is 5.94. The van der Waals surface area contributed by atoms with Crippen molar-refractivity contribution in [1.82, 2.24) is 15.5 Å². The number of likely N-dealkylation sites (N-methyl/N-ethyl adjacent to an activating group) is 1. The van der Waals surface area contributed by atoms with Crippen LogP contribution < -0.4 is 10.6 Å².